The summed E-state index contributed by atoms with van der Waals surface area (Å²) in [7, 11) is 0. The van der Waals surface area contributed by atoms with Gasteiger partial charge in [0.05, 0.1) is 0 Å². The van der Waals surface area contributed by atoms with Crippen molar-refractivity contribution in [1.29, 1.82) is 0 Å². The van der Waals surface area contributed by atoms with Gasteiger partial charge >= 0.3 is 6.03 Å². The SMILES string of the molecule is CC1(C)CCCN(C(=O)NC2CCCCC2)CC1. The van der Waals surface area contributed by atoms with E-state index in [1.54, 1.807) is 0 Å². The molecule has 3 heteroatoms. The molecule has 0 spiro atoms. The summed E-state index contributed by atoms with van der Waals surface area (Å²) in [6.45, 7) is 6.48. The van der Waals surface area contributed by atoms with Gasteiger partial charge in [-0.15, -0.1) is 0 Å². The van der Waals surface area contributed by atoms with Gasteiger partial charge in [-0.1, -0.05) is 33.1 Å². The molecule has 0 aromatic heterocycles. The molecule has 2 fully saturated rings. The van der Waals surface area contributed by atoms with Gasteiger partial charge in [-0.25, -0.2) is 4.79 Å². The molecule has 0 aromatic rings. The average Bonchev–Trinajstić information content (AvgIpc) is 2.51. The molecule has 2 aliphatic rings. The molecule has 0 aromatic carbocycles. The Morgan fingerprint density at radius 3 is 2.50 bits per heavy atom. The molecule has 1 aliphatic carbocycles. The Balaban J connectivity index is 1.81. The van der Waals surface area contributed by atoms with Crippen molar-refractivity contribution < 1.29 is 4.79 Å². The summed E-state index contributed by atoms with van der Waals surface area (Å²) in [5.41, 5.74) is 0.403. The van der Waals surface area contributed by atoms with E-state index < -0.39 is 0 Å². The number of nitrogens with zero attached hydrogens (tertiary/aromatic N) is 1. The zero-order valence-corrected chi connectivity index (χ0v) is 12.0. The van der Waals surface area contributed by atoms with E-state index >= 15 is 0 Å². The third kappa shape index (κ3) is 3.89. The molecule has 0 unspecified atom stereocenters. The maximum atomic E-state index is 12.2. The fraction of sp³-hybridized carbons (Fsp3) is 0.933. The van der Waals surface area contributed by atoms with Crippen LogP contribution >= 0.6 is 0 Å². The van der Waals surface area contributed by atoms with Crippen LogP contribution in [-0.4, -0.2) is 30.1 Å². The van der Waals surface area contributed by atoms with Gasteiger partial charge in [-0.05, 0) is 37.5 Å². The lowest BCUT2D eigenvalue weighted by Gasteiger charge is -2.28. The predicted molar refractivity (Wildman–Crippen MR) is 74.6 cm³/mol. The standard InChI is InChI=1S/C15H28N2O/c1-15(2)9-6-11-17(12-10-15)14(18)16-13-7-4-3-5-8-13/h13H,3-12H2,1-2H3,(H,16,18). The summed E-state index contributed by atoms with van der Waals surface area (Å²) in [5.74, 6) is 0. The monoisotopic (exact) mass is 252 g/mol. The molecule has 1 heterocycles. The highest BCUT2D eigenvalue weighted by molar-refractivity contribution is 5.74. The number of hydrogen-bond acceptors (Lipinski definition) is 1. The Bertz CT molecular complexity index is 282. The largest absolute Gasteiger partial charge is 0.335 e. The van der Waals surface area contributed by atoms with Gasteiger partial charge in [0.15, 0.2) is 0 Å². The van der Waals surface area contributed by atoms with Gasteiger partial charge in [0.2, 0.25) is 0 Å². The minimum Gasteiger partial charge on any atom is -0.335 e. The zero-order chi connectivity index (χ0) is 13.0. The molecule has 1 N–H and O–H groups in total. The molecule has 2 rings (SSSR count). The molecule has 104 valence electrons. The highest BCUT2D eigenvalue weighted by Gasteiger charge is 2.26. The van der Waals surface area contributed by atoms with Crippen LogP contribution in [0.1, 0.15) is 65.2 Å². The molecule has 3 nitrogen and oxygen atoms in total. The number of carbonyl (C=O) groups is 1. The third-order valence-electron chi connectivity index (χ3n) is 4.56. The third-order valence-corrected chi connectivity index (χ3v) is 4.56. The number of amides is 2. The molecule has 1 saturated carbocycles. The average molecular weight is 252 g/mol. The number of urea groups is 1. The maximum Gasteiger partial charge on any atom is 0.317 e. The van der Waals surface area contributed by atoms with Crippen molar-refractivity contribution in [2.75, 3.05) is 13.1 Å². The van der Waals surface area contributed by atoms with Crippen molar-refractivity contribution >= 4 is 6.03 Å². The van der Waals surface area contributed by atoms with Crippen LogP contribution in [0, 0.1) is 5.41 Å². The van der Waals surface area contributed by atoms with E-state index in [0.717, 1.165) is 25.9 Å². The lowest BCUT2D eigenvalue weighted by molar-refractivity contribution is 0.189. The van der Waals surface area contributed by atoms with Crippen LogP contribution < -0.4 is 5.32 Å². The number of nitrogens with one attached hydrogen (secondary N) is 1. The van der Waals surface area contributed by atoms with Gasteiger partial charge in [0.25, 0.3) is 0 Å². The fourth-order valence-electron chi connectivity index (χ4n) is 3.14. The first kappa shape index (κ1) is 13.7. The summed E-state index contributed by atoms with van der Waals surface area (Å²) >= 11 is 0. The van der Waals surface area contributed by atoms with E-state index in [1.165, 1.54) is 38.5 Å². The van der Waals surface area contributed by atoms with Crippen molar-refractivity contribution in [2.24, 2.45) is 5.41 Å². The Hall–Kier alpha value is -0.730. The summed E-state index contributed by atoms with van der Waals surface area (Å²) in [5, 5.41) is 3.23. The second-order valence-electron chi connectivity index (χ2n) is 6.79. The van der Waals surface area contributed by atoms with Crippen molar-refractivity contribution in [3.8, 4) is 0 Å². The normalized spacial score (nSPS) is 25.6. The minimum absolute atomic E-state index is 0.180. The molecule has 0 radical (unpaired) electrons. The Morgan fingerprint density at radius 1 is 1.06 bits per heavy atom. The van der Waals surface area contributed by atoms with Gasteiger partial charge in [0, 0.05) is 19.1 Å². The lowest BCUT2D eigenvalue weighted by Crippen LogP contribution is -2.45. The van der Waals surface area contributed by atoms with E-state index in [1.807, 2.05) is 4.90 Å². The first-order valence-corrected chi connectivity index (χ1v) is 7.62. The molecule has 0 atom stereocenters. The van der Waals surface area contributed by atoms with Crippen LogP contribution in [0.15, 0.2) is 0 Å². The summed E-state index contributed by atoms with van der Waals surface area (Å²) in [6, 6.07) is 0.613. The number of likely N-dealkylation sites (tertiary alicyclic amines) is 1. The van der Waals surface area contributed by atoms with Crippen LogP contribution in [-0.2, 0) is 0 Å². The number of carbonyl (C=O) groups excluding carboxylic acids is 1. The molecule has 1 saturated heterocycles. The summed E-state index contributed by atoms with van der Waals surface area (Å²) < 4.78 is 0. The molecule has 0 bridgehead atoms. The maximum absolute atomic E-state index is 12.2. The number of hydrogen-bond donors (Lipinski definition) is 1. The zero-order valence-electron chi connectivity index (χ0n) is 12.0. The highest BCUT2D eigenvalue weighted by Crippen LogP contribution is 2.29. The van der Waals surface area contributed by atoms with E-state index in [9.17, 15) is 4.79 Å². The van der Waals surface area contributed by atoms with Crippen LogP contribution in [0.4, 0.5) is 4.79 Å². The fourth-order valence-corrected chi connectivity index (χ4v) is 3.14. The predicted octanol–water partition coefficient (Wildman–Crippen LogP) is 3.54. The summed E-state index contributed by atoms with van der Waals surface area (Å²) in [6.07, 6.45) is 9.74. The van der Waals surface area contributed by atoms with Gasteiger partial charge in [-0.2, -0.15) is 0 Å². The second-order valence-corrected chi connectivity index (χ2v) is 6.79. The molecular formula is C15H28N2O. The minimum atomic E-state index is 0.180. The Kier molecular flexibility index (Phi) is 4.52. The number of rotatable bonds is 1. The molecule has 18 heavy (non-hydrogen) atoms. The van der Waals surface area contributed by atoms with E-state index in [2.05, 4.69) is 19.2 Å². The second kappa shape index (κ2) is 5.94. The van der Waals surface area contributed by atoms with Crippen molar-refractivity contribution in [3.63, 3.8) is 0 Å². The van der Waals surface area contributed by atoms with Crippen molar-refractivity contribution in [1.82, 2.24) is 10.2 Å². The first-order valence-electron chi connectivity index (χ1n) is 7.62. The van der Waals surface area contributed by atoms with Gasteiger partial charge in [0.1, 0.15) is 0 Å². The molecule has 1 aliphatic heterocycles. The van der Waals surface area contributed by atoms with Crippen molar-refractivity contribution in [2.45, 2.75) is 71.3 Å². The van der Waals surface area contributed by atoms with E-state index in [4.69, 9.17) is 0 Å². The van der Waals surface area contributed by atoms with E-state index in [-0.39, 0.29) is 6.03 Å². The highest BCUT2D eigenvalue weighted by atomic mass is 16.2. The van der Waals surface area contributed by atoms with Crippen molar-refractivity contribution in [3.05, 3.63) is 0 Å². The quantitative estimate of drug-likeness (QED) is 0.760. The lowest BCUT2D eigenvalue weighted by atomic mass is 9.85. The van der Waals surface area contributed by atoms with Gasteiger partial charge in [-0.3, -0.25) is 0 Å². The summed E-state index contributed by atoms with van der Waals surface area (Å²) in [4.78, 5) is 14.3. The van der Waals surface area contributed by atoms with E-state index in [0.29, 0.717) is 11.5 Å². The van der Waals surface area contributed by atoms with Crippen LogP contribution in [0.5, 0.6) is 0 Å². The topological polar surface area (TPSA) is 32.3 Å². The first-order chi connectivity index (χ1) is 8.57. The molecule has 2 amide bonds. The Labute approximate surface area is 111 Å². The van der Waals surface area contributed by atoms with Gasteiger partial charge < -0.3 is 10.2 Å². The smallest absolute Gasteiger partial charge is 0.317 e. The van der Waals surface area contributed by atoms with Crippen LogP contribution in [0.3, 0.4) is 0 Å². The van der Waals surface area contributed by atoms with Crippen LogP contribution in [0.25, 0.3) is 0 Å². The molecular weight excluding hydrogens is 224 g/mol. The van der Waals surface area contributed by atoms with Crippen LogP contribution in [0.2, 0.25) is 0 Å². The Morgan fingerprint density at radius 2 is 1.78 bits per heavy atom.